The van der Waals surface area contributed by atoms with Crippen LogP contribution in [0.1, 0.15) is 6.92 Å². The summed E-state index contributed by atoms with van der Waals surface area (Å²) in [5, 5.41) is -0.195. The number of hydrogen-bond donors (Lipinski definition) is 0. The molecule has 5 heteroatoms. The maximum Gasteiger partial charge on any atom is 0.175 e. The van der Waals surface area contributed by atoms with Crippen molar-refractivity contribution in [1.29, 1.82) is 0 Å². The topological polar surface area (TPSA) is 18.5 Å². The standard InChI is InChI=1S/C23H19F3O2/c1-3-5-13-27-17-9-6-15(7-10-17)18-14-16-8-11-19(28-12-4-2)22(25)20(16)23(26)21(18)24/h3-11,14H,2,12-13H2,1H3. The lowest BCUT2D eigenvalue weighted by atomic mass is 9.99. The van der Waals surface area contributed by atoms with Gasteiger partial charge < -0.3 is 9.47 Å². The van der Waals surface area contributed by atoms with Crippen molar-refractivity contribution in [2.75, 3.05) is 13.2 Å². The maximum atomic E-state index is 14.7. The summed E-state index contributed by atoms with van der Waals surface area (Å²) < 4.78 is 54.6. The molecule has 144 valence electrons. The van der Waals surface area contributed by atoms with Gasteiger partial charge in [0.05, 0.1) is 5.39 Å². The van der Waals surface area contributed by atoms with Gasteiger partial charge in [-0.2, -0.15) is 0 Å². The van der Waals surface area contributed by atoms with Gasteiger partial charge in [-0.3, -0.25) is 0 Å². The highest BCUT2D eigenvalue weighted by Gasteiger charge is 2.20. The molecule has 2 nitrogen and oxygen atoms in total. The van der Waals surface area contributed by atoms with Crippen molar-refractivity contribution in [3.8, 4) is 22.6 Å². The van der Waals surface area contributed by atoms with Crippen molar-refractivity contribution >= 4 is 10.8 Å². The Morgan fingerprint density at radius 1 is 0.893 bits per heavy atom. The fraction of sp³-hybridized carbons (Fsp3) is 0.130. The predicted molar refractivity (Wildman–Crippen MR) is 105 cm³/mol. The summed E-state index contributed by atoms with van der Waals surface area (Å²) in [6, 6.07) is 10.9. The lowest BCUT2D eigenvalue weighted by Gasteiger charge is -2.12. The molecule has 0 bridgehead atoms. The molecule has 0 aliphatic rings. The quantitative estimate of drug-likeness (QED) is 0.436. The van der Waals surface area contributed by atoms with Crippen LogP contribution in [0.5, 0.6) is 11.5 Å². The second kappa shape index (κ2) is 8.65. The third kappa shape index (κ3) is 3.88. The molecule has 0 aromatic heterocycles. The Bertz CT molecular complexity index is 1020. The number of rotatable bonds is 7. The molecule has 0 fully saturated rings. The minimum absolute atomic E-state index is 0.0455. The van der Waals surface area contributed by atoms with E-state index in [1.54, 1.807) is 24.3 Å². The van der Waals surface area contributed by atoms with E-state index in [2.05, 4.69) is 6.58 Å². The lowest BCUT2D eigenvalue weighted by molar-refractivity contribution is 0.343. The number of hydrogen-bond acceptors (Lipinski definition) is 2. The van der Waals surface area contributed by atoms with Crippen LogP contribution >= 0.6 is 0 Å². The molecule has 0 aliphatic heterocycles. The highest BCUT2D eigenvalue weighted by Crippen LogP contribution is 2.35. The highest BCUT2D eigenvalue weighted by atomic mass is 19.2. The van der Waals surface area contributed by atoms with Gasteiger partial charge in [0.15, 0.2) is 23.2 Å². The van der Waals surface area contributed by atoms with E-state index in [1.165, 1.54) is 24.3 Å². The lowest BCUT2D eigenvalue weighted by Crippen LogP contribution is -1.99. The molecular weight excluding hydrogens is 365 g/mol. The second-order valence-corrected chi connectivity index (χ2v) is 6.03. The molecule has 0 N–H and O–H groups in total. The summed E-state index contributed by atoms with van der Waals surface area (Å²) in [4.78, 5) is 0. The highest BCUT2D eigenvalue weighted by molar-refractivity contribution is 5.90. The normalized spacial score (nSPS) is 11.1. The number of fused-ring (bicyclic) bond motifs is 1. The molecule has 3 aromatic rings. The van der Waals surface area contributed by atoms with E-state index in [9.17, 15) is 13.2 Å². The third-order valence-corrected chi connectivity index (χ3v) is 4.19. The van der Waals surface area contributed by atoms with Crippen LogP contribution < -0.4 is 9.47 Å². The summed E-state index contributed by atoms with van der Waals surface area (Å²) in [5.41, 5.74) is 0.508. The van der Waals surface area contributed by atoms with Crippen LogP contribution in [0.2, 0.25) is 0 Å². The SMILES string of the molecule is C=CCOc1ccc2cc(-c3ccc(OCC=CC)cc3)c(F)c(F)c2c1F. The molecule has 0 heterocycles. The van der Waals surface area contributed by atoms with E-state index < -0.39 is 22.8 Å². The number of halogens is 3. The summed E-state index contributed by atoms with van der Waals surface area (Å²) in [6.07, 6.45) is 5.16. The molecule has 28 heavy (non-hydrogen) atoms. The first kappa shape index (κ1) is 19.5. The maximum absolute atomic E-state index is 14.7. The first-order valence-electron chi connectivity index (χ1n) is 8.75. The van der Waals surface area contributed by atoms with E-state index in [1.807, 2.05) is 19.1 Å². The van der Waals surface area contributed by atoms with Crippen molar-refractivity contribution in [3.05, 3.63) is 84.7 Å². The van der Waals surface area contributed by atoms with Crippen LogP contribution in [0.25, 0.3) is 21.9 Å². The van der Waals surface area contributed by atoms with Gasteiger partial charge in [-0.05, 0) is 42.1 Å². The van der Waals surface area contributed by atoms with Gasteiger partial charge in [0.2, 0.25) is 0 Å². The second-order valence-electron chi connectivity index (χ2n) is 6.03. The van der Waals surface area contributed by atoms with Crippen LogP contribution in [0.4, 0.5) is 13.2 Å². The minimum Gasteiger partial charge on any atom is -0.490 e. The van der Waals surface area contributed by atoms with E-state index in [0.29, 0.717) is 17.9 Å². The number of ether oxygens (including phenoxy) is 2. The van der Waals surface area contributed by atoms with Gasteiger partial charge in [-0.25, -0.2) is 13.2 Å². The van der Waals surface area contributed by atoms with Gasteiger partial charge in [0.25, 0.3) is 0 Å². The van der Waals surface area contributed by atoms with Gasteiger partial charge in [-0.1, -0.05) is 43.0 Å². The Hall–Kier alpha value is -3.21. The zero-order chi connectivity index (χ0) is 20.1. The van der Waals surface area contributed by atoms with Crippen LogP contribution in [-0.4, -0.2) is 13.2 Å². The van der Waals surface area contributed by atoms with E-state index >= 15 is 0 Å². The largest absolute Gasteiger partial charge is 0.490 e. The number of benzene rings is 3. The van der Waals surface area contributed by atoms with Crippen molar-refractivity contribution < 1.29 is 22.6 Å². The summed E-state index contributed by atoms with van der Waals surface area (Å²) >= 11 is 0. The van der Waals surface area contributed by atoms with E-state index in [4.69, 9.17) is 9.47 Å². The van der Waals surface area contributed by atoms with Crippen molar-refractivity contribution in [3.63, 3.8) is 0 Å². The van der Waals surface area contributed by atoms with Crippen LogP contribution in [0, 0.1) is 17.5 Å². The Morgan fingerprint density at radius 2 is 1.64 bits per heavy atom. The van der Waals surface area contributed by atoms with E-state index in [0.717, 1.165) is 0 Å². The Morgan fingerprint density at radius 3 is 2.32 bits per heavy atom. The molecule has 0 unspecified atom stereocenters. The molecule has 3 rings (SSSR count). The van der Waals surface area contributed by atoms with Gasteiger partial charge in [-0.15, -0.1) is 0 Å². The third-order valence-electron chi connectivity index (χ3n) is 4.19. The average molecular weight is 384 g/mol. The molecule has 0 saturated heterocycles. The minimum atomic E-state index is -1.25. The summed E-state index contributed by atoms with van der Waals surface area (Å²) in [6.45, 7) is 5.85. The summed E-state index contributed by atoms with van der Waals surface area (Å²) in [5.74, 6) is -2.84. The predicted octanol–water partition coefficient (Wildman–Crippen LogP) is 6.44. The van der Waals surface area contributed by atoms with E-state index in [-0.39, 0.29) is 23.3 Å². The molecule has 0 atom stereocenters. The first-order valence-corrected chi connectivity index (χ1v) is 8.75. The fourth-order valence-electron chi connectivity index (χ4n) is 2.80. The molecule has 0 radical (unpaired) electrons. The van der Waals surface area contributed by atoms with Crippen molar-refractivity contribution in [2.45, 2.75) is 6.92 Å². The Balaban J connectivity index is 2.01. The molecular formula is C23H19F3O2. The fourth-order valence-corrected chi connectivity index (χ4v) is 2.80. The smallest absolute Gasteiger partial charge is 0.175 e. The average Bonchev–Trinajstić information content (AvgIpc) is 2.71. The molecule has 0 amide bonds. The van der Waals surface area contributed by atoms with Crippen molar-refractivity contribution in [1.82, 2.24) is 0 Å². The molecule has 0 saturated carbocycles. The summed E-state index contributed by atoms with van der Waals surface area (Å²) in [7, 11) is 0. The number of allylic oxidation sites excluding steroid dienone is 1. The Labute approximate surface area is 161 Å². The first-order chi connectivity index (χ1) is 13.6. The zero-order valence-electron chi connectivity index (χ0n) is 15.3. The van der Waals surface area contributed by atoms with Crippen molar-refractivity contribution in [2.24, 2.45) is 0 Å². The van der Waals surface area contributed by atoms with Gasteiger partial charge >= 0.3 is 0 Å². The van der Waals surface area contributed by atoms with Gasteiger partial charge in [0.1, 0.15) is 19.0 Å². The van der Waals surface area contributed by atoms with Gasteiger partial charge in [0, 0.05) is 5.56 Å². The van der Waals surface area contributed by atoms with Crippen LogP contribution in [0.15, 0.2) is 67.3 Å². The van der Waals surface area contributed by atoms with Crippen LogP contribution in [-0.2, 0) is 0 Å². The monoisotopic (exact) mass is 384 g/mol. The van der Waals surface area contributed by atoms with Crippen LogP contribution in [0.3, 0.4) is 0 Å². The Kier molecular flexibility index (Phi) is 6.04. The molecule has 3 aromatic carbocycles. The molecule has 0 spiro atoms. The molecule has 0 aliphatic carbocycles. The zero-order valence-corrected chi connectivity index (χ0v) is 15.3.